The van der Waals surface area contributed by atoms with Crippen LogP contribution in [0.5, 0.6) is 0 Å². The van der Waals surface area contributed by atoms with Crippen molar-refractivity contribution in [3.8, 4) is 0 Å². The van der Waals surface area contributed by atoms with Crippen LogP contribution in [0.15, 0.2) is 36.4 Å². The molecule has 1 amide bonds. The average molecular weight is 334 g/mol. The van der Waals surface area contributed by atoms with E-state index in [9.17, 15) is 14.9 Å². The zero-order valence-electron chi connectivity index (χ0n) is 12.7. The van der Waals surface area contributed by atoms with Gasteiger partial charge in [-0.25, -0.2) is 0 Å². The molecule has 0 aliphatic carbocycles. The zero-order chi connectivity index (χ0) is 17.0. The average Bonchev–Trinajstić information content (AvgIpc) is 2.49. The second kappa shape index (κ2) is 7.11. The van der Waals surface area contributed by atoms with Crippen molar-refractivity contribution in [2.75, 3.05) is 17.2 Å². The zero-order valence-corrected chi connectivity index (χ0v) is 13.5. The van der Waals surface area contributed by atoms with E-state index in [1.807, 2.05) is 13.0 Å². The maximum atomic E-state index is 12.0. The van der Waals surface area contributed by atoms with E-state index < -0.39 is 4.92 Å². The molecule has 2 N–H and O–H groups in total. The van der Waals surface area contributed by atoms with Crippen molar-refractivity contribution < 1.29 is 9.72 Å². The number of hydrogen-bond acceptors (Lipinski definition) is 4. The highest BCUT2D eigenvalue weighted by Crippen LogP contribution is 2.25. The lowest BCUT2D eigenvalue weighted by Gasteiger charge is -2.11. The van der Waals surface area contributed by atoms with E-state index in [0.717, 1.165) is 5.56 Å². The molecule has 2 aromatic rings. The number of amides is 1. The van der Waals surface area contributed by atoms with Gasteiger partial charge in [0.1, 0.15) is 0 Å². The van der Waals surface area contributed by atoms with Gasteiger partial charge in [-0.3, -0.25) is 14.9 Å². The van der Waals surface area contributed by atoms with Crippen LogP contribution in [-0.4, -0.2) is 17.4 Å². The second-order valence-electron chi connectivity index (χ2n) is 5.09. The Balaban J connectivity index is 2.02. The third kappa shape index (κ3) is 4.20. The van der Waals surface area contributed by atoms with E-state index in [2.05, 4.69) is 10.6 Å². The number of carbonyl (C=O) groups is 1. The largest absolute Gasteiger partial charge is 0.376 e. The molecule has 0 aliphatic heterocycles. The number of nitrogens with one attached hydrogen (secondary N) is 2. The quantitative estimate of drug-likeness (QED) is 0.641. The summed E-state index contributed by atoms with van der Waals surface area (Å²) >= 11 is 6.06. The van der Waals surface area contributed by atoms with E-state index in [0.29, 0.717) is 22.0 Å². The van der Waals surface area contributed by atoms with Crippen LogP contribution in [0.3, 0.4) is 0 Å². The van der Waals surface area contributed by atoms with Gasteiger partial charge in [0.2, 0.25) is 5.91 Å². The van der Waals surface area contributed by atoms with Gasteiger partial charge in [0.05, 0.1) is 22.2 Å². The van der Waals surface area contributed by atoms with Crippen molar-refractivity contribution in [1.82, 2.24) is 0 Å². The highest BCUT2D eigenvalue weighted by molar-refractivity contribution is 6.33. The Bertz CT molecular complexity index is 762. The summed E-state index contributed by atoms with van der Waals surface area (Å²) in [7, 11) is 0. The van der Waals surface area contributed by atoms with Crippen molar-refractivity contribution in [3.63, 3.8) is 0 Å². The normalized spacial score (nSPS) is 10.2. The molecule has 0 aliphatic rings. The predicted molar refractivity (Wildman–Crippen MR) is 91.1 cm³/mol. The Labute approximate surface area is 138 Å². The SMILES string of the molecule is Cc1ccc(NC(=O)CNc2cccc([N+](=O)[O-])c2C)c(Cl)c1. The maximum Gasteiger partial charge on any atom is 0.274 e. The van der Waals surface area contributed by atoms with E-state index >= 15 is 0 Å². The van der Waals surface area contributed by atoms with Crippen LogP contribution in [0.1, 0.15) is 11.1 Å². The highest BCUT2D eigenvalue weighted by atomic mass is 35.5. The van der Waals surface area contributed by atoms with Gasteiger partial charge in [-0.05, 0) is 37.6 Å². The molecule has 6 nitrogen and oxygen atoms in total. The summed E-state index contributed by atoms with van der Waals surface area (Å²) in [4.78, 5) is 22.4. The Morgan fingerprint density at radius 1 is 1.22 bits per heavy atom. The standard InChI is InChI=1S/C16H16ClN3O3/c1-10-6-7-14(12(17)8-10)19-16(21)9-18-13-4-3-5-15(11(13)2)20(22)23/h3-8,18H,9H2,1-2H3,(H,19,21). The van der Waals surface area contributed by atoms with Crippen molar-refractivity contribution in [2.45, 2.75) is 13.8 Å². The molecule has 0 fully saturated rings. The van der Waals surface area contributed by atoms with Crippen LogP contribution in [0, 0.1) is 24.0 Å². The number of hydrogen-bond donors (Lipinski definition) is 2. The minimum Gasteiger partial charge on any atom is -0.376 e. The molecule has 2 aromatic carbocycles. The molecule has 0 aromatic heterocycles. The van der Waals surface area contributed by atoms with Crippen LogP contribution in [0.25, 0.3) is 0 Å². The van der Waals surface area contributed by atoms with Crippen molar-refractivity contribution >= 4 is 34.6 Å². The third-order valence-corrected chi connectivity index (χ3v) is 3.65. The summed E-state index contributed by atoms with van der Waals surface area (Å²) < 4.78 is 0. The summed E-state index contributed by atoms with van der Waals surface area (Å²) in [6, 6.07) is 10.0. The van der Waals surface area contributed by atoms with Gasteiger partial charge < -0.3 is 10.6 Å². The fourth-order valence-electron chi connectivity index (χ4n) is 2.10. The first kappa shape index (κ1) is 16.8. The minimum atomic E-state index is -0.452. The summed E-state index contributed by atoms with van der Waals surface area (Å²) in [5.41, 5.74) is 2.57. The molecule has 23 heavy (non-hydrogen) atoms. The summed E-state index contributed by atoms with van der Waals surface area (Å²) in [5.74, 6) is -0.290. The number of halogens is 1. The van der Waals surface area contributed by atoms with Gasteiger partial charge in [0.15, 0.2) is 0 Å². The highest BCUT2D eigenvalue weighted by Gasteiger charge is 2.14. The lowest BCUT2D eigenvalue weighted by molar-refractivity contribution is -0.385. The Morgan fingerprint density at radius 2 is 1.96 bits per heavy atom. The number of nitro benzene ring substituents is 1. The Morgan fingerprint density at radius 3 is 2.61 bits per heavy atom. The van der Waals surface area contributed by atoms with E-state index in [-0.39, 0.29) is 18.1 Å². The second-order valence-corrected chi connectivity index (χ2v) is 5.50. The van der Waals surface area contributed by atoms with Gasteiger partial charge in [-0.15, -0.1) is 0 Å². The first-order chi connectivity index (χ1) is 10.9. The summed E-state index contributed by atoms with van der Waals surface area (Å²) in [6.45, 7) is 3.52. The molecular weight excluding hydrogens is 318 g/mol. The van der Waals surface area contributed by atoms with Crippen molar-refractivity contribution in [1.29, 1.82) is 0 Å². The number of nitrogens with zero attached hydrogens (tertiary/aromatic N) is 1. The number of anilines is 2. The van der Waals surface area contributed by atoms with E-state index in [4.69, 9.17) is 11.6 Å². The first-order valence-corrected chi connectivity index (χ1v) is 7.30. The molecule has 0 bridgehead atoms. The van der Waals surface area contributed by atoms with Crippen LogP contribution < -0.4 is 10.6 Å². The van der Waals surface area contributed by atoms with Gasteiger partial charge >= 0.3 is 0 Å². The fraction of sp³-hybridized carbons (Fsp3) is 0.188. The summed E-state index contributed by atoms with van der Waals surface area (Å²) in [6.07, 6.45) is 0. The molecule has 7 heteroatoms. The first-order valence-electron chi connectivity index (χ1n) is 6.92. The minimum absolute atomic E-state index is 0.0111. The molecule has 0 atom stereocenters. The lowest BCUT2D eigenvalue weighted by atomic mass is 10.1. The van der Waals surface area contributed by atoms with Crippen LogP contribution in [0.2, 0.25) is 5.02 Å². The van der Waals surface area contributed by atoms with Gasteiger partial charge in [0, 0.05) is 17.3 Å². The number of nitro groups is 1. The molecular formula is C16H16ClN3O3. The smallest absolute Gasteiger partial charge is 0.274 e. The topological polar surface area (TPSA) is 84.3 Å². The van der Waals surface area contributed by atoms with Crippen LogP contribution in [0.4, 0.5) is 17.1 Å². The number of aryl methyl sites for hydroxylation is 1. The monoisotopic (exact) mass is 333 g/mol. The maximum absolute atomic E-state index is 12.0. The van der Waals surface area contributed by atoms with E-state index in [1.54, 1.807) is 31.2 Å². The van der Waals surface area contributed by atoms with Gasteiger partial charge in [-0.1, -0.05) is 23.7 Å². The van der Waals surface area contributed by atoms with E-state index in [1.165, 1.54) is 6.07 Å². The molecule has 0 unspecified atom stereocenters. The molecule has 0 saturated carbocycles. The Hall–Kier alpha value is -2.60. The van der Waals surface area contributed by atoms with Crippen LogP contribution >= 0.6 is 11.6 Å². The Kier molecular flexibility index (Phi) is 5.18. The molecule has 2 rings (SSSR count). The lowest BCUT2D eigenvalue weighted by Crippen LogP contribution is -2.22. The molecule has 0 radical (unpaired) electrons. The van der Waals surface area contributed by atoms with Gasteiger partial charge in [0.25, 0.3) is 5.69 Å². The molecule has 0 spiro atoms. The number of benzene rings is 2. The number of carbonyl (C=O) groups excluding carboxylic acids is 1. The van der Waals surface area contributed by atoms with Crippen LogP contribution in [-0.2, 0) is 4.79 Å². The molecule has 0 saturated heterocycles. The molecule has 120 valence electrons. The fourth-order valence-corrected chi connectivity index (χ4v) is 2.39. The number of rotatable bonds is 5. The molecule has 0 heterocycles. The third-order valence-electron chi connectivity index (χ3n) is 3.34. The van der Waals surface area contributed by atoms with Gasteiger partial charge in [-0.2, -0.15) is 0 Å². The summed E-state index contributed by atoms with van der Waals surface area (Å²) in [5, 5.41) is 17.0. The predicted octanol–water partition coefficient (Wildman–Crippen LogP) is 3.92. The van der Waals surface area contributed by atoms with Crippen molar-refractivity contribution in [3.05, 3.63) is 62.7 Å². The van der Waals surface area contributed by atoms with Crippen molar-refractivity contribution in [2.24, 2.45) is 0 Å².